The molecule has 1 aromatic heterocycles. The number of hydrogen-bond donors (Lipinski definition) is 1. The van der Waals surface area contributed by atoms with Gasteiger partial charge in [0.15, 0.2) is 0 Å². The van der Waals surface area contributed by atoms with Gasteiger partial charge in [-0.2, -0.15) is 0 Å². The number of fused-ring (bicyclic) bond motifs is 1. The average Bonchev–Trinajstić information content (AvgIpc) is 2.85. The molecular formula is C28H29ClN2O4. The largest absolute Gasteiger partial charge is 0.490 e. The van der Waals surface area contributed by atoms with Crippen molar-refractivity contribution >= 4 is 29.3 Å². The fraction of sp³-hybridized carbons (Fsp3) is 0.214. The maximum Gasteiger partial charge on any atom is 0.341 e. The van der Waals surface area contributed by atoms with Crippen molar-refractivity contribution in [2.75, 3.05) is 13.2 Å². The van der Waals surface area contributed by atoms with Crippen LogP contribution in [0, 0.1) is 0 Å². The zero-order valence-electron chi connectivity index (χ0n) is 19.6. The molecule has 6 nitrogen and oxygen atoms in total. The molecular weight excluding hydrogens is 464 g/mol. The molecule has 1 heterocycles. The molecule has 0 saturated heterocycles. The van der Waals surface area contributed by atoms with Crippen molar-refractivity contribution in [2.24, 2.45) is 0 Å². The van der Waals surface area contributed by atoms with E-state index in [0.29, 0.717) is 36.3 Å². The molecule has 0 atom stereocenters. The van der Waals surface area contributed by atoms with E-state index in [4.69, 9.17) is 4.74 Å². The highest BCUT2D eigenvalue weighted by molar-refractivity contribution is 5.94. The summed E-state index contributed by atoms with van der Waals surface area (Å²) in [5.41, 5.74) is 2.35. The molecule has 182 valence electrons. The van der Waals surface area contributed by atoms with Crippen molar-refractivity contribution in [1.82, 2.24) is 9.47 Å². The Morgan fingerprint density at radius 3 is 2.06 bits per heavy atom. The summed E-state index contributed by atoms with van der Waals surface area (Å²) >= 11 is 0. The maximum absolute atomic E-state index is 12.7. The molecule has 0 aliphatic heterocycles. The van der Waals surface area contributed by atoms with Crippen LogP contribution in [-0.4, -0.2) is 33.7 Å². The lowest BCUT2D eigenvalue weighted by Crippen LogP contribution is -2.28. The van der Waals surface area contributed by atoms with Gasteiger partial charge in [-0.15, -0.1) is 12.4 Å². The zero-order chi connectivity index (χ0) is 23.9. The summed E-state index contributed by atoms with van der Waals surface area (Å²) in [4.78, 5) is 26.6. The Balaban J connectivity index is 0.00000342. The molecule has 4 rings (SSSR count). The Hall–Kier alpha value is -3.61. The van der Waals surface area contributed by atoms with Gasteiger partial charge in [0.05, 0.1) is 10.9 Å². The minimum absolute atomic E-state index is 0. The lowest BCUT2D eigenvalue weighted by molar-refractivity contribution is 0.0695. The van der Waals surface area contributed by atoms with Crippen molar-refractivity contribution < 1.29 is 14.6 Å². The molecule has 0 radical (unpaired) electrons. The fourth-order valence-electron chi connectivity index (χ4n) is 4.13. The predicted octanol–water partition coefficient (Wildman–Crippen LogP) is 5.22. The summed E-state index contributed by atoms with van der Waals surface area (Å²) in [6, 6.07) is 25.9. The van der Waals surface area contributed by atoms with Crippen LogP contribution >= 0.6 is 12.4 Å². The number of nitrogens with zero attached hydrogens (tertiary/aromatic N) is 2. The van der Waals surface area contributed by atoms with Crippen LogP contribution in [0.3, 0.4) is 0 Å². The number of halogens is 1. The summed E-state index contributed by atoms with van der Waals surface area (Å²) in [6.07, 6.45) is 1.40. The summed E-state index contributed by atoms with van der Waals surface area (Å²) in [6.45, 7) is 5.12. The lowest BCUT2D eigenvalue weighted by atomic mass is 10.1. The van der Waals surface area contributed by atoms with E-state index in [1.807, 2.05) is 49.4 Å². The highest BCUT2D eigenvalue weighted by atomic mass is 35.5. The minimum Gasteiger partial charge on any atom is -0.490 e. The van der Waals surface area contributed by atoms with Crippen molar-refractivity contribution in [3.05, 3.63) is 112 Å². The number of carboxylic acids is 1. The molecule has 0 bridgehead atoms. The Morgan fingerprint density at radius 2 is 1.51 bits per heavy atom. The number of carboxylic acid groups (broad SMARTS) is 1. The molecule has 1 N–H and O–H groups in total. The van der Waals surface area contributed by atoms with Crippen LogP contribution in [0.4, 0.5) is 0 Å². The number of aromatic carboxylic acids is 1. The van der Waals surface area contributed by atoms with Crippen molar-refractivity contribution in [3.63, 3.8) is 0 Å². The first kappa shape index (κ1) is 26.0. The quantitative estimate of drug-likeness (QED) is 0.328. The normalized spacial score (nSPS) is 10.8. The van der Waals surface area contributed by atoms with Crippen molar-refractivity contribution in [3.8, 4) is 5.75 Å². The standard InChI is InChI=1S/C28H28N2O4.ClH/c1-2-30-20-24(28(32)33)27(31)23-14-9-15-25(26(23)30)34-17-16-29(18-21-10-5-3-6-11-21)19-22-12-7-4-8-13-22;/h3-15,20H,2,16-19H2,1H3,(H,32,33);1H. The zero-order valence-corrected chi connectivity index (χ0v) is 20.4. The average molecular weight is 493 g/mol. The van der Waals surface area contributed by atoms with Gasteiger partial charge in [0.1, 0.15) is 17.9 Å². The summed E-state index contributed by atoms with van der Waals surface area (Å²) in [5, 5.41) is 9.76. The first-order valence-corrected chi connectivity index (χ1v) is 11.4. The van der Waals surface area contributed by atoms with E-state index >= 15 is 0 Å². The maximum atomic E-state index is 12.7. The van der Waals surface area contributed by atoms with Crippen LogP contribution in [0.5, 0.6) is 5.75 Å². The number of pyridine rings is 1. The van der Waals surface area contributed by atoms with E-state index in [-0.39, 0.29) is 18.0 Å². The van der Waals surface area contributed by atoms with Gasteiger partial charge < -0.3 is 14.4 Å². The van der Waals surface area contributed by atoms with Crippen molar-refractivity contribution in [2.45, 2.75) is 26.6 Å². The number of rotatable bonds is 10. The minimum atomic E-state index is -1.22. The second-order valence-electron chi connectivity index (χ2n) is 8.15. The lowest BCUT2D eigenvalue weighted by Gasteiger charge is -2.23. The molecule has 0 saturated carbocycles. The van der Waals surface area contributed by atoms with E-state index in [0.717, 1.165) is 13.1 Å². The van der Waals surface area contributed by atoms with E-state index in [1.165, 1.54) is 17.3 Å². The molecule has 0 unspecified atom stereocenters. The molecule has 0 fully saturated rings. The molecule has 0 spiro atoms. The number of hydrogen-bond acceptors (Lipinski definition) is 4. The molecule has 7 heteroatoms. The van der Waals surface area contributed by atoms with Gasteiger partial charge in [-0.05, 0) is 30.2 Å². The summed E-state index contributed by atoms with van der Waals surface area (Å²) in [7, 11) is 0. The number of aryl methyl sites for hydroxylation is 1. The second kappa shape index (κ2) is 12.2. The van der Waals surface area contributed by atoms with Crippen LogP contribution < -0.4 is 10.2 Å². The second-order valence-corrected chi connectivity index (χ2v) is 8.15. The van der Waals surface area contributed by atoms with E-state index in [1.54, 1.807) is 16.7 Å². The predicted molar refractivity (Wildman–Crippen MR) is 141 cm³/mol. The SMILES string of the molecule is CCn1cc(C(=O)O)c(=O)c2cccc(OCCN(Cc3ccccc3)Cc3ccccc3)c21.Cl. The van der Waals surface area contributed by atoms with E-state index in [2.05, 4.69) is 29.2 Å². The molecule has 35 heavy (non-hydrogen) atoms. The topological polar surface area (TPSA) is 71.8 Å². The number of para-hydroxylation sites is 1. The van der Waals surface area contributed by atoms with Gasteiger partial charge in [-0.1, -0.05) is 66.7 Å². The first-order chi connectivity index (χ1) is 16.6. The van der Waals surface area contributed by atoms with E-state index < -0.39 is 11.4 Å². The van der Waals surface area contributed by atoms with Gasteiger partial charge in [0.25, 0.3) is 0 Å². The Labute approximate surface area is 210 Å². The Kier molecular flexibility index (Phi) is 9.06. The smallest absolute Gasteiger partial charge is 0.341 e. The first-order valence-electron chi connectivity index (χ1n) is 11.4. The van der Waals surface area contributed by atoms with Crippen LogP contribution in [-0.2, 0) is 19.6 Å². The number of aromatic nitrogens is 1. The Morgan fingerprint density at radius 1 is 0.914 bits per heavy atom. The monoisotopic (exact) mass is 492 g/mol. The van der Waals surface area contributed by atoms with Gasteiger partial charge in [-0.3, -0.25) is 9.69 Å². The Bertz CT molecular complexity index is 1280. The third-order valence-electron chi connectivity index (χ3n) is 5.79. The van der Waals surface area contributed by atoms with Gasteiger partial charge in [0, 0.05) is 32.4 Å². The number of benzene rings is 3. The van der Waals surface area contributed by atoms with Gasteiger partial charge in [0.2, 0.25) is 5.43 Å². The van der Waals surface area contributed by atoms with Crippen LogP contribution in [0.2, 0.25) is 0 Å². The number of carbonyl (C=O) groups is 1. The molecule has 3 aromatic carbocycles. The fourth-order valence-corrected chi connectivity index (χ4v) is 4.13. The molecule has 0 aliphatic rings. The molecule has 0 aliphatic carbocycles. The number of ether oxygens (including phenoxy) is 1. The third-order valence-corrected chi connectivity index (χ3v) is 5.79. The van der Waals surface area contributed by atoms with Crippen LogP contribution in [0.25, 0.3) is 10.9 Å². The van der Waals surface area contributed by atoms with Gasteiger partial charge in [-0.25, -0.2) is 4.79 Å². The molecule has 4 aromatic rings. The van der Waals surface area contributed by atoms with Crippen LogP contribution in [0.1, 0.15) is 28.4 Å². The third kappa shape index (κ3) is 6.29. The van der Waals surface area contributed by atoms with Crippen LogP contribution in [0.15, 0.2) is 89.9 Å². The highest BCUT2D eigenvalue weighted by Gasteiger charge is 2.17. The summed E-state index contributed by atoms with van der Waals surface area (Å²) in [5.74, 6) is -0.648. The summed E-state index contributed by atoms with van der Waals surface area (Å²) < 4.78 is 7.94. The van der Waals surface area contributed by atoms with E-state index in [9.17, 15) is 14.7 Å². The highest BCUT2D eigenvalue weighted by Crippen LogP contribution is 2.24. The van der Waals surface area contributed by atoms with Gasteiger partial charge >= 0.3 is 5.97 Å². The molecule has 0 amide bonds. The van der Waals surface area contributed by atoms with Crippen molar-refractivity contribution in [1.29, 1.82) is 0 Å².